The number of anilines is 1. The minimum absolute atomic E-state index is 0.0141. The molecule has 0 N–H and O–H groups in total. The van der Waals surface area contributed by atoms with Crippen molar-refractivity contribution in [2.45, 2.75) is 31.7 Å². The van der Waals surface area contributed by atoms with E-state index in [1.807, 2.05) is 18.2 Å². The first-order chi connectivity index (χ1) is 11.1. The molecule has 1 heterocycles. The highest BCUT2D eigenvalue weighted by Gasteiger charge is 2.58. The van der Waals surface area contributed by atoms with Gasteiger partial charge in [0.15, 0.2) is 0 Å². The number of hydrogen-bond donors (Lipinski definition) is 0. The highest BCUT2D eigenvalue weighted by molar-refractivity contribution is 6.34. The fraction of sp³-hybridized carbons (Fsp3) is 0.556. The third kappa shape index (κ3) is 2.35. The summed E-state index contributed by atoms with van der Waals surface area (Å²) in [6, 6.07) is 7.03. The van der Waals surface area contributed by atoms with Crippen LogP contribution in [0.15, 0.2) is 24.3 Å². The van der Waals surface area contributed by atoms with Crippen molar-refractivity contribution in [1.29, 1.82) is 0 Å². The number of likely N-dealkylation sites (N-methyl/N-ethyl adjacent to an activating group) is 1. The van der Waals surface area contributed by atoms with Gasteiger partial charge in [-0.2, -0.15) is 0 Å². The SMILES string of the molecule is CN(C(=O)C1C2CCCC21)C1CCN(c2ccccc2Cl)C1=O. The van der Waals surface area contributed by atoms with E-state index in [9.17, 15) is 9.59 Å². The Morgan fingerprint density at radius 2 is 1.91 bits per heavy atom. The lowest BCUT2D eigenvalue weighted by molar-refractivity contribution is -0.138. The fourth-order valence-corrected chi connectivity index (χ4v) is 4.75. The number of para-hydroxylation sites is 1. The molecule has 1 aliphatic heterocycles. The first kappa shape index (κ1) is 15.0. The number of carbonyl (C=O) groups is 2. The van der Waals surface area contributed by atoms with Crippen LogP contribution in [0.5, 0.6) is 0 Å². The summed E-state index contributed by atoms with van der Waals surface area (Å²) in [6.07, 6.45) is 4.29. The molecular weight excluding hydrogens is 312 g/mol. The average Bonchev–Trinajstić information content (AvgIpc) is 2.87. The van der Waals surface area contributed by atoms with E-state index in [1.165, 1.54) is 19.3 Å². The average molecular weight is 333 g/mol. The Bertz CT molecular complexity index is 652. The maximum atomic E-state index is 12.8. The molecule has 2 saturated carbocycles. The Morgan fingerprint density at radius 1 is 1.22 bits per heavy atom. The van der Waals surface area contributed by atoms with Crippen LogP contribution in [0.1, 0.15) is 25.7 Å². The molecule has 3 fully saturated rings. The molecule has 2 aliphatic carbocycles. The van der Waals surface area contributed by atoms with Gasteiger partial charge in [0.2, 0.25) is 11.8 Å². The largest absolute Gasteiger partial charge is 0.333 e. The van der Waals surface area contributed by atoms with Crippen LogP contribution in [0.2, 0.25) is 5.02 Å². The van der Waals surface area contributed by atoms with Crippen molar-refractivity contribution in [2.75, 3.05) is 18.5 Å². The van der Waals surface area contributed by atoms with Crippen molar-refractivity contribution in [3.8, 4) is 0 Å². The number of rotatable bonds is 3. The predicted octanol–water partition coefficient (Wildman–Crippen LogP) is 2.95. The summed E-state index contributed by atoms with van der Waals surface area (Å²) in [5.41, 5.74) is 0.741. The summed E-state index contributed by atoms with van der Waals surface area (Å²) >= 11 is 6.21. The van der Waals surface area contributed by atoms with E-state index in [-0.39, 0.29) is 23.8 Å². The van der Waals surface area contributed by atoms with Crippen molar-refractivity contribution in [2.24, 2.45) is 17.8 Å². The van der Waals surface area contributed by atoms with Gasteiger partial charge in [-0.05, 0) is 43.2 Å². The third-order valence-electron chi connectivity index (χ3n) is 5.83. The predicted molar refractivity (Wildman–Crippen MR) is 89.3 cm³/mol. The highest BCUT2D eigenvalue weighted by atomic mass is 35.5. The molecule has 0 spiro atoms. The van der Waals surface area contributed by atoms with Crippen LogP contribution in [-0.4, -0.2) is 36.3 Å². The number of carbonyl (C=O) groups excluding carboxylic acids is 2. The molecule has 4 nitrogen and oxygen atoms in total. The Kier molecular flexibility index (Phi) is 3.60. The summed E-state index contributed by atoms with van der Waals surface area (Å²) in [4.78, 5) is 28.9. The van der Waals surface area contributed by atoms with Gasteiger partial charge in [-0.15, -0.1) is 0 Å². The molecule has 0 aromatic heterocycles. The van der Waals surface area contributed by atoms with E-state index in [4.69, 9.17) is 11.6 Å². The van der Waals surface area contributed by atoms with E-state index in [1.54, 1.807) is 22.9 Å². The Balaban J connectivity index is 1.47. The second kappa shape index (κ2) is 5.52. The fourth-order valence-electron chi connectivity index (χ4n) is 4.51. The highest BCUT2D eigenvalue weighted by Crippen LogP contribution is 2.58. The number of benzene rings is 1. The summed E-state index contributed by atoms with van der Waals surface area (Å²) in [5, 5.41) is 0.576. The van der Waals surface area contributed by atoms with E-state index < -0.39 is 0 Å². The first-order valence-corrected chi connectivity index (χ1v) is 8.80. The van der Waals surface area contributed by atoms with Crippen LogP contribution in [0, 0.1) is 17.8 Å². The van der Waals surface area contributed by atoms with Gasteiger partial charge in [-0.3, -0.25) is 9.59 Å². The van der Waals surface area contributed by atoms with Gasteiger partial charge in [-0.1, -0.05) is 30.2 Å². The number of fused-ring (bicyclic) bond motifs is 1. The van der Waals surface area contributed by atoms with Crippen LogP contribution in [0.4, 0.5) is 5.69 Å². The van der Waals surface area contributed by atoms with Crippen molar-refractivity contribution < 1.29 is 9.59 Å². The maximum absolute atomic E-state index is 12.8. The van der Waals surface area contributed by atoms with Gasteiger partial charge in [0, 0.05) is 19.5 Å². The van der Waals surface area contributed by atoms with Gasteiger partial charge in [0.25, 0.3) is 0 Å². The molecule has 0 radical (unpaired) electrons. The summed E-state index contributed by atoms with van der Waals surface area (Å²) in [7, 11) is 1.79. The van der Waals surface area contributed by atoms with Gasteiger partial charge >= 0.3 is 0 Å². The van der Waals surface area contributed by atoms with E-state index in [0.717, 1.165) is 5.69 Å². The lowest BCUT2D eigenvalue weighted by atomic mass is 10.1. The molecule has 0 bridgehead atoms. The zero-order chi connectivity index (χ0) is 16.1. The van der Waals surface area contributed by atoms with Crippen LogP contribution in [0.25, 0.3) is 0 Å². The van der Waals surface area contributed by atoms with E-state index in [2.05, 4.69) is 0 Å². The Labute approximate surface area is 141 Å². The molecule has 1 aromatic rings. The Hall–Kier alpha value is -1.55. The van der Waals surface area contributed by atoms with Crippen molar-refractivity contribution in [1.82, 2.24) is 4.90 Å². The second-order valence-corrected chi connectivity index (χ2v) is 7.39. The standard InChI is InChI=1S/C18H21ClN2O2/c1-20(18(23)16-11-5-4-6-12(11)16)15-9-10-21(17(15)22)14-8-3-2-7-13(14)19/h2-3,7-8,11-12,15-16H,4-6,9-10H2,1H3. The maximum Gasteiger partial charge on any atom is 0.249 e. The summed E-state index contributed by atoms with van der Waals surface area (Å²) in [6.45, 7) is 0.613. The van der Waals surface area contributed by atoms with Crippen LogP contribution in [-0.2, 0) is 9.59 Å². The topological polar surface area (TPSA) is 40.6 Å². The molecule has 1 aromatic carbocycles. The Morgan fingerprint density at radius 3 is 2.61 bits per heavy atom. The van der Waals surface area contributed by atoms with Crippen LogP contribution >= 0.6 is 11.6 Å². The van der Waals surface area contributed by atoms with Gasteiger partial charge in [0.05, 0.1) is 10.7 Å². The molecule has 23 heavy (non-hydrogen) atoms. The minimum atomic E-state index is -0.347. The number of halogens is 1. The van der Waals surface area contributed by atoms with Gasteiger partial charge < -0.3 is 9.80 Å². The summed E-state index contributed by atoms with van der Waals surface area (Å²) < 4.78 is 0. The van der Waals surface area contributed by atoms with Crippen LogP contribution < -0.4 is 4.90 Å². The number of amides is 2. The molecule has 122 valence electrons. The molecule has 3 atom stereocenters. The number of hydrogen-bond acceptors (Lipinski definition) is 2. The lowest BCUT2D eigenvalue weighted by Crippen LogP contribution is -2.44. The van der Waals surface area contributed by atoms with E-state index >= 15 is 0 Å². The molecule has 2 amide bonds. The molecular formula is C18H21ClN2O2. The van der Waals surface area contributed by atoms with Crippen LogP contribution in [0.3, 0.4) is 0 Å². The van der Waals surface area contributed by atoms with E-state index in [0.29, 0.717) is 29.8 Å². The second-order valence-electron chi connectivity index (χ2n) is 6.98. The summed E-state index contributed by atoms with van der Waals surface area (Å²) in [5.74, 6) is 1.50. The molecule has 3 unspecified atom stereocenters. The molecule has 3 aliphatic rings. The monoisotopic (exact) mass is 332 g/mol. The van der Waals surface area contributed by atoms with Crippen molar-refractivity contribution in [3.05, 3.63) is 29.3 Å². The smallest absolute Gasteiger partial charge is 0.249 e. The quantitative estimate of drug-likeness (QED) is 0.854. The normalized spacial score (nSPS) is 32.1. The third-order valence-corrected chi connectivity index (χ3v) is 6.15. The zero-order valence-corrected chi connectivity index (χ0v) is 14.0. The molecule has 1 saturated heterocycles. The van der Waals surface area contributed by atoms with Crippen molar-refractivity contribution in [3.63, 3.8) is 0 Å². The zero-order valence-electron chi connectivity index (χ0n) is 13.2. The molecule has 5 heteroatoms. The molecule has 4 rings (SSSR count). The van der Waals surface area contributed by atoms with Gasteiger partial charge in [0.1, 0.15) is 6.04 Å². The minimum Gasteiger partial charge on any atom is -0.333 e. The van der Waals surface area contributed by atoms with Crippen molar-refractivity contribution >= 4 is 29.1 Å². The number of nitrogens with zero attached hydrogens (tertiary/aromatic N) is 2. The van der Waals surface area contributed by atoms with Gasteiger partial charge in [-0.25, -0.2) is 0 Å². The lowest BCUT2D eigenvalue weighted by Gasteiger charge is -2.25. The first-order valence-electron chi connectivity index (χ1n) is 8.42.